The monoisotopic (exact) mass is 868 g/mol. The second-order valence-electron chi connectivity index (χ2n) is 17.4. The molecule has 5 heterocycles. The van der Waals surface area contributed by atoms with Crippen molar-refractivity contribution >= 4 is 67.6 Å². The lowest BCUT2D eigenvalue weighted by Crippen LogP contribution is -2.52. The zero-order valence-electron chi connectivity index (χ0n) is 36.7. The average molecular weight is 869 g/mol. The highest BCUT2D eigenvalue weighted by atomic mass is 16.7. The number of likely N-dealkylation sites (tertiary alicyclic amines) is 2. The standard InChI is InChI=1S/C48H52N8O8/c1-24(2)36(53-46(59)61-7)44(57)55-18-17-26(5)40(55)42-49-34-15-11-30-21-28(9-13-32(30)38(34)51-42)29-10-14-33-31(22-29)12-16-35-39(33)52-43(50-35)41-27(6)48(63-19-20-64-48)23-56(41)45(58)37(25(3)4)54-47(60)62-8/h9-16,21-22,24-25,36-37,40-41H,5-6,17-20,23H2,1-4,7-8H3,(H,49,51)(H,50,52)(H,53,59)(H,54,60). The maximum absolute atomic E-state index is 14.3. The minimum Gasteiger partial charge on any atom is -0.453 e. The summed E-state index contributed by atoms with van der Waals surface area (Å²) < 4.78 is 21.8. The van der Waals surface area contributed by atoms with Gasteiger partial charge in [-0.2, -0.15) is 0 Å². The van der Waals surface area contributed by atoms with Crippen LogP contribution < -0.4 is 10.6 Å². The van der Waals surface area contributed by atoms with Gasteiger partial charge in [-0.05, 0) is 70.0 Å². The second kappa shape index (κ2) is 16.4. The van der Waals surface area contributed by atoms with E-state index in [-0.39, 0.29) is 30.2 Å². The van der Waals surface area contributed by atoms with Gasteiger partial charge in [-0.1, -0.05) is 77.3 Å². The van der Waals surface area contributed by atoms with Gasteiger partial charge < -0.3 is 49.3 Å². The number of aromatic nitrogens is 4. The molecule has 64 heavy (non-hydrogen) atoms. The Bertz CT molecular complexity index is 2890. The number of hydrogen-bond donors (Lipinski definition) is 4. The quantitative estimate of drug-likeness (QED) is 0.108. The van der Waals surface area contributed by atoms with E-state index in [2.05, 4.69) is 76.2 Å². The zero-order valence-corrected chi connectivity index (χ0v) is 36.7. The summed E-state index contributed by atoms with van der Waals surface area (Å²) in [6.07, 6.45) is -0.734. The lowest BCUT2D eigenvalue weighted by molar-refractivity contribution is -0.144. The van der Waals surface area contributed by atoms with E-state index in [1.165, 1.54) is 14.2 Å². The van der Waals surface area contributed by atoms with Gasteiger partial charge in [0.15, 0.2) is 0 Å². The van der Waals surface area contributed by atoms with Crippen LogP contribution in [0.5, 0.6) is 0 Å². The summed E-state index contributed by atoms with van der Waals surface area (Å²) in [7, 11) is 2.54. The van der Waals surface area contributed by atoms with Crippen LogP contribution in [0.4, 0.5) is 9.59 Å². The number of imidazole rings is 2. The lowest BCUT2D eigenvalue weighted by Gasteiger charge is -2.30. The molecule has 332 valence electrons. The summed E-state index contributed by atoms with van der Waals surface area (Å²) in [5, 5.41) is 9.26. The fourth-order valence-electron chi connectivity index (χ4n) is 9.41. The van der Waals surface area contributed by atoms with Gasteiger partial charge in [0.25, 0.3) is 0 Å². The Morgan fingerprint density at radius 2 is 1.20 bits per heavy atom. The van der Waals surface area contributed by atoms with Gasteiger partial charge in [-0.15, -0.1) is 0 Å². The molecule has 0 saturated carbocycles. The minimum atomic E-state index is -1.19. The molecule has 3 fully saturated rings. The molecule has 16 heteroatoms. The third-order valence-electron chi connectivity index (χ3n) is 12.8. The van der Waals surface area contributed by atoms with Crippen molar-refractivity contribution in [2.75, 3.05) is 40.5 Å². The van der Waals surface area contributed by atoms with Gasteiger partial charge in [0, 0.05) is 22.9 Å². The number of nitrogens with zero attached hydrogens (tertiary/aromatic N) is 4. The predicted octanol–water partition coefficient (Wildman–Crippen LogP) is 7.19. The molecule has 0 bridgehead atoms. The number of aromatic amines is 2. The van der Waals surface area contributed by atoms with Crippen LogP contribution in [0.3, 0.4) is 0 Å². The lowest BCUT2D eigenvalue weighted by atomic mass is 9.98. The number of methoxy groups -OCH3 is 2. The molecule has 4 aromatic carbocycles. The van der Waals surface area contributed by atoms with Gasteiger partial charge in [0.1, 0.15) is 35.8 Å². The number of ether oxygens (including phenoxy) is 4. The highest BCUT2D eigenvalue weighted by Crippen LogP contribution is 2.47. The number of benzene rings is 4. The number of nitrogens with one attached hydrogen (secondary N) is 4. The van der Waals surface area contributed by atoms with Crippen molar-refractivity contribution in [3.05, 3.63) is 96.6 Å². The van der Waals surface area contributed by atoms with Crippen molar-refractivity contribution in [2.24, 2.45) is 11.8 Å². The number of hydrogen-bond acceptors (Lipinski definition) is 10. The van der Waals surface area contributed by atoms with Crippen LogP contribution in [0.15, 0.2) is 85.0 Å². The minimum absolute atomic E-state index is 0.0908. The van der Waals surface area contributed by atoms with Crippen molar-refractivity contribution in [1.82, 2.24) is 40.4 Å². The van der Waals surface area contributed by atoms with E-state index in [9.17, 15) is 19.2 Å². The fourth-order valence-corrected chi connectivity index (χ4v) is 9.41. The number of carbonyl (C=O) groups excluding carboxylic acids is 4. The summed E-state index contributed by atoms with van der Waals surface area (Å²) in [6.45, 7) is 17.4. The molecule has 4 atom stereocenters. The molecule has 4 amide bonds. The van der Waals surface area contributed by atoms with Gasteiger partial charge in [0.05, 0.1) is 56.0 Å². The van der Waals surface area contributed by atoms with Crippen LogP contribution in [0.2, 0.25) is 0 Å². The highest BCUT2D eigenvalue weighted by Gasteiger charge is 2.56. The third kappa shape index (κ3) is 7.19. The molecule has 3 aliphatic heterocycles. The summed E-state index contributed by atoms with van der Waals surface area (Å²) >= 11 is 0. The molecular formula is C48H52N8O8. The van der Waals surface area contributed by atoms with Crippen LogP contribution >= 0.6 is 0 Å². The molecule has 6 aromatic rings. The van der Waals surface area contributed by atoms with Crippen LogP contribution in [0.25, 0.3) is 54.7 Å². The summed E-state index contributed by atoms with van der Waals surface area (Å²) in [4.78, 5) is 73.0. The first kappa shape index (κ1) is 42.5. The molecule has 3 aliphatic rings. The van der Waals surface area contributed by atoms with Crippen LogP contribution in [0, 0.1) is 11.8 Å². The number of carbonyl (C=O) groups is 4. The molecule has 0 aliphatic carbocycles. The summed E-state index contributed by atoms with van der Waals surface area (Å²) in [6, 6.07) is 17.8. The Balaban J connectivity index is 1.01. The molecule has 16 nitrogen and oxygen atoms in total. The number of H-pyrrole nitrogens is 2. The summed E-state index contributed by atoms with van der Waals surface area (Å²) in [5.74, 6) is -1.01. The molecule has 2 aromatic heterocycles. The highest BCUT2D eigenvalue weighted by molar-refractivity contribution is 6.07. The van der Waals surface area contributed by atoms with Crippen molar-refractivity contribution in [1.29, 1.82) is 0 Å². The van der Waals surface area contributed by atoms with Gasteiger partial charge in [-0.25, -0.2) is 19.6 Å². The number of rotatable bonds is 9. The maximum atomic E-state index is 14.3. The predicted molar refractivity (Wildman–Crippen MR) is 241 cm³/mol. The van der Waals surface area contributed by atoms with Crippen LogP contribution in [-0.4, -0.2) is 112 Å². The Hall–Kier alpha value is -6.78. The Labute approximate surface area is 369 Å². The first-order valence-corrected chi connectivity index (χ1v) is 21.5. The summed E-state index contributed by atoms with van der Waals surface area (Å²) in [5.41, 5.74) is 6.61. The van der Waals surface area contributed by atoms with Crippen molar-refractivity contribution in [2.45, 2.75) is 64.1 Å². The van der Waals surface area contributed by atoms with E-state index in [4.69, 9.17) is 28.9 Å². The van der Waals surface area contributed by atoms with E-state index in [1.54, 1.807) is 9.80 Å². The smallest absolute Gasteiger partial charge is 0.407 e. The Morgan fingerprint density at radius 1 is 0.719 bits per heavy atom. The van der Waals surface area contributed by atoms with Gasteiger partial charge in [0.2, 0.25) is 17.6 Å². The molecule has 3 saturated heterocycles. The SMILES string of the molecule is C=C1CCN(C(=O)C(NC(=O)OC)C(C)C)C1c1nc2c(ccc3cc(-c4ccc5c(ccc6[nH]c(C7C(=C)C8(CN7C(=O)C(NC(=O)OC)C(C)C)OCCO8)nc65)c4)ccc32)[nH]1. The number of alkyl carbamates (subject to hydrolysis) is 2. The normalized spacial score (nSPS) is 19.5. The third-order valence-corrected chi connectivity index (χ3v) is 12.8. The molecule has 4 N–H and O–H groups in total. The first-order valence-electron chi connectivity index (χ1n) is 21.5. The van der Waals surface area contributed by atoms with E-state index in [1.807, 2.05) is 45.9 Å². The van der Waals surface area contributed by atoms with Crippen molar-refractivity contribution in [3.8, 4) is 11.1 Å². The van der Waals surface area contributed by atoms with Gasteiger partial charge in [-0.3, -0.25) is 9.59 Å². The van der Waals surface area contributed by atoms with E-state index < -0.39 is 42.1 Å². The largest absolute Gasteiger partial charge is 0.453 e. The van der Waals surface area contributed by atoms with E-state index in [0.717, 1.165) is 60.3 Å². The van der Waals surface area contributed by atoms with Gasteiger partial charge >= 0.3 is 12.2 Å². The second-order valence-corrected chi connectivity index (χ2v) is 17.4. The van der Waals surface area contributed by atoms with Crippen molar-refractivity contribution < 1.29 is 38.1 Å². The molecule has 4 unspecified atom stereocenters. The van der Waals surface area contributed by atoms with E-state index >= 15 is 0 Å². The Morgan fingerprint density at radius 3 is 1.69 bits per heavy atom. The Kier molecular flexibility index (Phi) is 10.9. The van der Waals surface area contributed by atoms with Crippen molar-refractivity contribution in [3.63, 3.8) is 0 Å². The number of fused-ring (bicyclic) bond motifs is 6. The number of amides is 4. The molecule has 0 radical (unpaired) electrons. The van der Waals surface area contributed by atoms with Crippen LogP contribution in [0.1, 0.15) is 57.8 Å². The molecular weight excluding hydrogens is 817 g/mol. The molecule has 9 rings (SSSR count). The fraction of sp³-hybridized carbons (Fsp3) is 0.375. The maximum Gasteiger partial charge on any atom is 0.407 e. The average Bonchev–Trinajstić information content (AvgIpc) is 4.14. The van der Waals surface area contributed by atoms with E-state index in [0.29, 0.717) is 43.4 Å². The van der Waals surface area contributed by atoms with Crippen LogP contribution in [-0.2, 0) is 28.5 Å². The first-order chi connectivity index (χ1) is 30.7. The topological polar surface area (TPSA) is 193 Å². The zero-order chi connectivity index (χ0) is 45.2. The molecule has 1 spiro atoms.